The van der Waals surface area contributed by atoms with Gasteiger partial charge in [-0.1, -0.05) is 77.8 Å². The summed E-state index contributed by atoms with van der Waals surface area (Å²) in [4.78, 5) is 29.9. The zero-order chi connectivity index (χ0) is 31.5. The number of carbonyl (C=O) groups excluding carboxylic acids is 2. The normalized spacial score (nSPS) is 17.6. The van der Waals surface area contributed by atoms with Crippen molar-refractivity contribution in [1.29, 1.82) is 0 Å². The van der Waals surface area contributed by atoms with Crippen molar-refractivity contribution in [3.05, 3.63) is 93.5 Å². The first-order valence-corrected chi connectivity index (χ1v) is 15.4. The van der Waals surface area contributed by atoms with Gasteiger partial charge in [-0.25, -0.2) is 4.79 Å². The van der Waals surface area contributed by atoms with Gasteiger partial charge in [-0.05, 0) is 61.6 Å². The molecule has 2 amide bonds. The number of nitrogens with zero attached hydrogens (tertiary/aromatic N) is 2. The van der Waals surface area contributed by atoms with Crippen LogP contribution in [0.4, 0.5) is 18.0 Å². The number of piperazine rings is 1. The minimum absolute atomic E-state index is 0.0159. The second-order valence-electron chi connectivity index (χ2n) is 11.4. The number of unbranched alkanes of at least 4 members (excludes halogenated alkanes) is 1. The van der Waals surface area contributed by atoms with Gasteiger partial charge in [-0.3, -0.25) is 9.69 Å². The number of halogens is 5. The van der Waals surface area contributed by atoms with Crippen LogP contribution in [0.25, 0.3) is 11.1 Å². The number of alkyl carbamates (subject to hydrolysis) is 1. The van der Waals surface area contributed by atoms with Gasteiger partial charge in [0.05, 0.1) is 6.42 Å². The molecule has 6 nitrogen and oxygen atoms in total. The second kappa shape index (κ2) is 13.4. The molecule has 1 N–H and O–H groups in total. The van der Waals surface area contributed by atoms with Gasteiger partial charge in [0, 0.05) is 46.8 Å². The maximum Gasteiger partial charge on any atom is 0.408 e. The monoisotopic (exact) mass is 647 g/mol. The third-order valence-electron chi connectivity index (χ3n) is 8.41. The Morgan fingerprint density at radius 1 is 0.977 bits per heavy atom. The molecule has 2 aliphatic rings. The quantitative estimate of drug-likeness (QED) is 0.245. The number of amides is 2. The molecule has 0 spiro atoms. The van der Waals surface area contributed by atoms with Gasteiger partial charge in [0.1, 0.15) is 6.54 Å². The molecule has 1 saturated heterocycles. The predicted molar refractivity (Wildman–Crippen MR) is 165 cm³/mol. The molecule has 234 valence electrons. The van der Waals surface area contributed by atoms with Crippen LogP contribution in [-0.4, -0.2) is 66.7 Å². The van der Waals surface area contributed by atoms with E-state index in [0.717, 1.165) is 40.8 Å². The highest BCUT2D eigenvalue weighted by atomic mass is 35.5. The van der Waals surface area contributed by atoms with Crippen molar-refractivity contribution in [2.45, 2.75) is 50.4 Å². The van der Waals surface area contributed by atoms with Crippen molar-refractivity contribution in [3.8, 4) is 11.1 Å². The van der Waals surface area contributed by atoms with Crippen LogP contribution in [0.15, 0.2) is 66.7 Å². The lowest BCUT2D eigenvalue weighted by atomic mass is 9.86. The Bertz CT molecular complexity index is 1470. The summed E-state index contributed by atoms with van der Waals surface area (Å²) in [5.74, 6) is 0.0159. The molecule has 1 aliphatic heterocycles. The largest absolute Gasteiger partial charge is 0.433 e. The molecule has 0 radical (unpaired) electrons. The van der Waals surface area contributed by atoms with E-state index in [0.29, 0.717) is 42.5 Å². The molecular weight excluding hydrogens is 614 g/mol. The number of nitrogens with one attached hydrogen (secondary N) is 1. The van der Waals surface area contributed by atoms with Gasteiger partial charge >= 0.3 is 12.3 Å². The second-order valence-corrected chi connectivity index (χ2v) is 12.2. The van der Waals surface area contributed by atoms with Crippen LogP contribution in [0, 0.1) is 0 Å². The fourth-order valence-electron chi connectivity index (χ4n) is 6.26. The Hall–Kier alpha value is -3.27. The number of hydrogen-bond donors (Lipinski definition) is 1. The number of ether oxygens (including phenoxy) is 1. The first kappa shape index (κ1) is 32.1. The summed E-state index contributed by atoms with van der Waals surface area (Å²) >= 11 is 12.3. The van der Waals surface area contributed by atoms with Crippen molar-refractivity contribution in [1.82, 2.24) is 15.1 Å². The van der Waals surface area contributed by atoms with Crippen LogP contribution in [0.1, 0.15) is 42.9 Å². The number of carbonyl (C=O) groups is 2. The Morgan fingerprint density at radius 2 is 1.64 bits per heavy atom. The SMILES string of the molecule is C[C@@H]1CN(C(=O)Cc2ccc(Cl)cc2Cl)CCN1CCCCC1(OC(=O)NCC(F)(F)F)c2ccccc2-c2ccccc21. The molecule has 0 unspecified atom stereocenters. The number of hydrogen-bond acceptors (Lipinski definition) is 4. The van der Waals surface area contributed by atoms with Gasteiger partial charge in [0.2, 0.25) is 5.91 Å². The Kier molecular flexibility index (Phi) is 9.77. The first-order chi connectivity index (χ1) is 21.0. The van der Waals surface area contributed by atoms with E-state index in [1.165, 1.54) is 0 Å². The summed E-state index contributed by atoms with van der Waals surface area (Å²) in [5, 5.41) is 2.88. The average molecular weight is 649 g/mol. The number of alkyl halides is 3. The molecule has 44 heavy (non-hydrogen) atoms. The third-order valence-corrected chi connectivity index (χ3v) is 9.00. The van der Waals surface area contributed by atoms with E-state index in [4.69, 9.17) is 27.9 Å². The maximum atomic E-state index is 13.0. The Morgan fingerprint density at radius 3 is 2.25 bits per heavy atom. The number of fused-ring (bicyclic) bond motifs is 3. The van der Waals surface area contributed by atoms with Crippen molar-refractivity contribution in [3.63, 3.8) is 0 Å². The van der Waals surface area contributed by atoms with E-state index in [9.17, 15) is 22.8 Å². The smallest absolute Gasteiger partial charge is 0.408 e. The lowest BCUT2D eigenvalue weighted by Gasteiger charge is -2.40. The first-order valence-electron chi connectivity index (χ1n) is 14.7. The number of benzene rings is 3. The highest BCUT2D eigenvalue weighted by molar-refractivity contribution is 6.35. The van der Waals surface area contributed by atoms with Gasteiger partial charge < -0.3 is 15.0 Å². The van der Waals surface area contributed by atoms with Crippen LogP contribution >= 0.6 is 23.2 Å². The van der Waals surface area contributed by atoms with Gasteiger partial charge in [0.15, 0.2) is 5.60 Å². The van der Waals surface area contributed by atoms with Crippen molar-refractivity contribution in [2.75, 3.05) is 32.7 Å². The van der Waals surface area contributed by atoms with Crippen LogP contribution in [-0.2, 0) is 21.6 Å². The summed E-state index contributed by atoms with van der Waals surface area (Å²) in [6.45, 7) is 3.30. The summed E-state index contributed by atoms with van der Waals surface area (Å²) in [5.41, 5.74) is 2.88. The van der Waals surface area contributed by atoms with E-state index in [1.807, 2.05) is 58.7 Å². The maximum absolute atomic E-state index is 13.0. The summed E-state index contributed by atoms with van der Waals surface area (Å²) in [6, 6.07) is 20.4. The Labute approximate surface area is 265 Å². The molecule has 1 heterocycles. The van der Waals surface area contributed by atoms with Crippen LogP contribution in [0.3, 0.4) is 0 Å². The lowest BCUT2D eigenvalue weighted by Crippen LogP contribution is -2.54. The van der Waals surface area contributed by atoms with Crippen molar-refractivity contribution >= 4 is 35.2 Å². The molecule has 0 saturated carbocycles. The zero-order valence-electron chi connectivity index (χ0n) is 24.3. The van der Waals surface area contributed by atoms with Crippen molar-refractivity contribution in [2.24, 2.45) is 0 Å². The number of rotatable bonds is 9. The molecule has 1 fully saturated rings. The molecule has 1 atom stereocenters. The highest BCUT2D eigenvalue weighted by Crippen LogP contribution is 2.52. The topological polar surface area (TPSA) is 61.9 Å². The minimum Gasteiger partial charge on any atom is -0.433 e. The van der Waals surface area contributed by atoms with Crippen molar-refractivity contribution < 1.29 is 27.5 Å². The molecule has 0 aromatic heterocycles. The molecule has 0 bridgehead atoms. The summed E-state index contributed by atoms with van der Waals surface area (Å²) in [6.07, 6.45) is -3.59. The van der Waals surface area contributed by atoms with E-state index in [-0.39, 0.29) is 18.4 Å². The lowest BCUT2D eigenvalue weighted by molar-refractivity contribution is -0.133. The fourth-order valence-corrected chi connectivity index (χ4v) is 6.74. The standard InChI is InChI=1S/C33H34Cl2F3N3O3/c1-22-20-41(30(42)18-23-12-13-24(34)19-29(23)35)17-16-40(22)15-7-6-14-32(44-31(43)39-21-33(36,37)38)27-10-4-2-8-25(27)26-9-3-5-11-28(26)32/h2-5,8-13,19,22H,6-7,14-18,20-21H2,1H3,(H,39,43)/t22-/m1/s1. The molecule has 1 aliphatic carbocycles. The fraction of sp³-hybridized carbons (Fsp3) is 0.394. The van der Waals surface area contributed by atoms with E-state index >= 15 is 0 Å². The third kappa shape index (κ3) is 7.16. The van der Waals surface area contributed by atoms with Crippen LogP contribution in [0.5, 0.6) is 0 Å². The molecule has 3 aromatic rings. The van der Waals surface area contributed by atoms with E-state index < -0.39 is 24.4 Å². The van der Waals surface area contributed by atoms with Gasteiger partial charge in [-0.2, -0.15) is 13.2 Å². The summed E-state index contributed by atoms with van der Waals surface area (Å²) in [7, 11) is 0. The zero-order valence-corrected chi connectivity index (χ0v) is 25.8. The molecular formula is C33H34Cl2F3N3O3. The predicted octanol–water partition coefficient (Wildman–Crippen LogP) is 7.45. The van der Waals surface area contributed by atoms with Gasteiger partial charge in [-0.15, -0.1) is 0 Å². The molecule has 11 heteroatoms. The summed E-state index contributed by atoms with van der Waals surface area (Å²) < 4.78 is 44.5. The molecule has 5 rings (SSSR count). The van der Waals surface area contributed by atoms with E-state index in [1.54, 1.807) is 18.2 Å². The van der Waals surface area contributed by atoms with Gasteiger partial charge in [0.25, 0.3) is 0 Å². The Balaban J connectivity index is 1.22. The minimum atomic E-state index is -4.55. The van der Waals surface area contributed by atoms with E-state index in [2.05, 4.69) is 11.8 Å². The molecule has 3 aromatic carbocycles. The van der Waals surface area contributed by atoms with Crippen LogP contribution in [0.2, 0.25) is 10.0 Å². The highest BCUT2D eigenvalue weighted by Gasteiger charge is 2.46. The van der Waals surface area contributed by atoms with Crippen LogP contribution < -0.4 is 5.32 Å². The average Bonchev–Trinajstić information content (AvgIpc) is 3.25.